The van der Waals surface area contributed by atoms with E-state index in [1.807, 2.05) is 6.92 Å². The van der Waals surface area contributed by atoms with Gasteiger partial charge >= 0.3 is 0 Å². The van der Waals surface area contributed by atoms with Crippen LogP contribution < -0.4 is 20.5 Å². The number of anilines is 1. The number of nitrogens with zero attached hydrogens (tertiary/aromatic N) is 1. The Balaban J connectivity index is 1.28. The zero-order valence-electron chi connectivity index (χ0n) is 19.1. The fraction of sp³-hybridized carbons (Fsp3) is 0.696. The number of fused-ring (bicyclic) bond motifs is 1. The summed E-state index contributed by atoms with van der Waals surface area (Å²) in [4.78, 5) is 15.2. The van der Waals surface area contributed by atoms with Crippen LogP contribution in [0.15, 0.2) is 6.07 Å². The van der Waals surface area contributed by atoms with E-state index >= 15 is 0 Å². The molecule has 3 aliphatic heterocycles. The van der Waals surface area contributed by atoms with E-state index in [9.17, 15) is 9.90 Å². The number of nitrogen functional groups attached to an aromatic ring is 1. The number of carbonyl (C=O) groups is 1. The Morgan fingerprint density at radius 2 is 2.00 bits per heavy atom. The molecular formula is C23H34ClN3O6. The number of β-amino-alcohol motifs (C(OH)–C–C–N with tert-alkyl or cyclic N) is 1. The van der Waals surface area contributed by atoms with E-state index in [2.05, 4.69) is 10.2 Å². The molecule has 3 heterocycles. The van der Waals surface area contributed by atoms with Crippen molar-refractivity contribution in [1.29, 1.82) is 0 Å². The van der Waals surface area contributed by atoms with Gasteiger partial charge in [0.05, 0.1) is 43.8 Å². The Bertz CT molecular complexity index is 848. The summed E-state index contributed by atoms with van der Waals surface area (Å²) in [6.45, 7) is 6.86. The zero-order valence-corrected chi connectivity index (χ0v) is 19.9. The van der Waals surface area contributed by atoms with E-state index in [-0.39, 0.29) is 22.5 Å². The molecular weight excluding hydrogens is 450 g/mol. The maximum absolute atomic E-state index is 12.9. The molecule has 2 saturated heterocycles. The number of halogens is 1. The van der Waals surface area contributed by atoms with Gasteiger partial charge in [0.25, 0.3) is 5.91 Å². The molecule has 0 unspecified atom stereocenters. The van der Waals surface area contributed by atoms with Crippen molar-refractivity contribution in [1.82, 2.24) is 10.2 Å². The summed E-state index contributed by atoms with van der Waals surface area (Å²) in [7, 11) is 0. The van der Waals surface area contributed by atoms with Crippen molar-refractivity contribution in [3.05, 3.63) is 16.7 Å². The number of nitrogens with one attached hydrogen (secondary N) is 1. The van der Waals surface area contributed by atoms with Crippen LogP contribution in [-0.2, 0) is 9.47 Å². The van der Waals surface area contributed by atoms with Gasteiger partial charge in [-0.25, -0.2) is 0 Å². The first-order valence-corrected chi connectivity index (χ1v) is 12.1. The fourth-order valence-electron chi connectivity index (χ4n) is 4.62. The van der Waals surface area contributed by atoms with E-state index < -0.39 is 11.9 Å². The minimum atomic E-state index is -0.513. The van der Waals surface area contributed by atoms with E-state index in [1.165, 1.54) is 6.07 Å². The first-order valence-electron chi connectivity index (χ1n) is 11.7. The molecule has 4 N–H and O–H groups in total. The van der Waals surface area contributed by atoms with Crippen LogP contribution in [0, 0.1) is 5.92 Å². The molecule has 1 aromatic rings. The Kier molecular flexibility index (Phi) is 7.86. The second kappa shape index (κ2) is 10.7. The highest BCUT2D eigenvalue weighted by Crippen LogP contribution is 2.43. The van der Waals surface area contributed by atoms with Gasteiger partial charge in [0.2, 0.25) is 0 Å². The third-order valence-corrected chi connectivity index (χ3v) is 6.95. The number of hydrogen-bond donors (Lipinski definition) is 3. The largest absolute Gasteiger partial charge is 0.489 e. The second-order valence-electron chi connectivity index (χ2n) is 9.10. The van der Waals surface area contributed by atoms with Crippen LogP contribution in [0.5, 0.6) is 11.5 Å². The first-order chi connectivity index (χ1) is 15.9. The lowest BCUT2D eigenvalue weighted by molar-refractivity contribution is -0.148. The SMILES string of the molecule is CC1(CCCN2CC[C@@H](CNC(=O)c3cc(N)c(Cl)c4c3OCCCO4)[C@H](O)C2)OCCO1. The molecule has 0 aliphatic carbocycles. The summed E-state index contributed by atoms with van der Waals surface area (Å²) in [5.74, 6) is -0.179. The number of aliphatic hydroxyl groups excluding tert-OH is 1. The molecule has 0 aromatic heterocycles. The molecule has 10 heteroatoms. The lowest BCUT2D eigenvalue weighted by Gasteiger charge is -2.36. The number of hydrogen-bond acceptors (Lipinski definition) is 8. The van der Waals surface area contributed by atoms with Crippen molar-refractivity contribution >= 4 is 23.2 Å². The maximum atomic E-state index is 12.9. The van der Waals surface area contributed by atoms with E-state index in [4.69, 9.17) is 36.3 Å². The average Bonchev–Trinajstić information content (AvgIpc) is 3.07. The summed E-state index contributed by atoms with van der Waals surface area (Å²) in [5.41, 5.74) is 6.55. The number of amides is 1. The lowest BCUT2D eigenvalue weighted by Crippen LogP contribution is -2.48. The molecule has 2 atom stereocenters. The number of likely N-dealkylation sites (tertiary alicyclic amines) is 1. The third-order valence-electron chi connectivity index (χ3n) is 6.56. The topological polar surface area (TPSA) is 116 Å². The van der Waals surface area contributed by atoms with Crippen LogP contribution in [0.25, 0.3) is 0 Å². The molecule has 33 heavy (non-hydrogen) atoms. The lowest BCUT2D eigenvalue weighted by atomic mass is 9.93. The van der Waals surface area contributed by atoms with Gasteiger partial charge < -0.3 is 40.0 Å². The van der Waals surface area contributed by atoms with Crippen LogP contribution in [-0.4, -0.2) is 80.4 Å². The van der Waals surface area contributed by atoms with Crippen LogP contribution in [0.3, 0.4) is 0 Å². The van der Waals surface area contributed by atoms with Crippen LogP contribution >= 0.6 is 11.6 Å². The quantitative estimate of drug-likeness (QED) is 0.505. The van der Waals surface area contributed by atoms with Crippen LogP contribution in [0.1, 0.15) is 43.0 Å². The maximum Gasteiger partial charge on any atom is 0.255 e. The molecule has 3 aliphatic rings. The van der Waals surface area contributed by atoms with Crippen molar-refractivity contribution in [3.8, 4) is 11.5 Å². The summed E-state index contributed by atoms with van der Waals surface area (Å²) < 4.78 is 22.7. The molecule has 0 bridgehead atoms. The number of benzene rings is 1. The van der Waals surface area contributed by atoms with Crippen LogP contribution in [0.2, 0.25) is 5.02 Å². The monoisotopic (exact) mass is 483 g/mol. The zero-order chi connectivity index (χ0) is 23.4. The molecule has 0 saturated carbocycles. The van der Waals surface area contributed by atoms with E-state index in [0.717, 1.165) is 32.4 Å². The Morgan fingerprint density at radius 1 is 1.27 bits per heavy atom. The molecule has 0 radical (unpaired) electrons. The van der Waals surface area contributed by atoms with Gasteiger partial charge in [-0.15, -0.1) is 0 Å². The normalized spacial score (nSPS) is 24.9. The minimum absolute atomic E-state index is 0.0235. The smallest absolute Gasteiger partial charge is 0.255 e. The fourth-order valence-corrected chi connectivity index (χ4v) is 4.81. The van der Waals surface area contributed by atoms with Crippen molar-refractivity contribution in [3.63, 3.8) is 0 Å². The molecule has 4 rings (SSSR count). The standard InChI is InChI=1S/C23H34ClN3O6/c1-23(32-10-11-33-23)5-2-6-27-7-4-15(18(28)14-27)13-26-22(29)16-12-17(25)19(24)21-20(16)30-8-3-9-31-21/h12,15,18,28H,2-11,13-14,25H2,1H3,(H,26,29)/t15-,18+/m0/s1. The minimum Gasteiger partial charge on any atom is -0.489 e. The second-order valence-corrected chi connectivity index (χ2v) is 9.48. The molecule has 1 aromatic carbocycles. The number of nitrogens with two attached hydrogens (primary N) is 1. The Labute approximate surface area is 199 Å². The van der Waals surface area contributed by atoms with Crippen molar-refractivity contribution < 1.29 is 28.8 Å². The highest BCUT2D eigenvalue weighted by atomic mass is 35.5. The van der Waals surface area contributed by atoms with Crippen molar-refractivity contribution in [2.45, 2.75) is 44.5 Å². The van der Waals surface area contributed by atoms with Gasteiger partial charge in [0.1, 0.15) is 5.02 Å². The highest BCUT2D eigenvalue weighted by molar-refractivity contribution is 6.35. The number of ether oxygens (including phenoxy) is 4. The van der Waals surface area contributed by atoms with Crippen molar-refractivity contribution in [2.75, 3.05) is 58.3 Å². The summed E-state index contributed by atoms with van der Waals surface area (Å²) in [6, 6.07) is 1.52. The van der Waals surface area contributed by atoms with Gasteiger partial charge in [-0.3, -0.25) is 4.79 Å². The van der Waals surface area contributed by atoms with E-state index in [1.54, 1.807) is 0 Å². The summed E-state index contributed by atoms with van der Waals surface area (Å²) in [6.07, 6.45) is 2.75. The molecule has 9 nitrogen and oxygen atoms in total. The van der Waals surface area contributed by atoms with Crippen LogP contribution in [0.4, 0.5) is 5.69 Å². The molecule has 0 spiro atoms. The van der Waals surface area contributed by atoms with Gasteiger partial charge in [0, 0.05) is 31.8 Å². The number of piperidine rings is 1. The van der Waals surface area contributed by atoms with E-state index in [0.29, 0.717) is 63.0 Å². The van der Waals surface area contributed by atoms with Gasteiger partial charge in [0.15, 0.2) is 17.3 Å². The number of carbonyl (C=O) groups excluding carboxylic acids is 1. The molecule has 184 valence electrons. The summed E-state index contributed by atoms with van der Waals surface area (Å²) >= 11 is 6.26. The summed E-state index contributed by atoms with van der Waals surface area (Å²) in [5, 5.41) is 13.9. The predicted molar refractivity (Wildman–Crippen MR) is 124 cm³/mol. The predicted octanol–water partition coefficient (Wildman–Crippen LogP) is 2.04. The average molecular weight is 484 g/mol. The van der Waals surface area contributed by atoms with Gasteiger partial charge in [-0.1, -0.05) is 11.6 Å². The molecule has 1 amide bonds. The number of aliphatic hydroxyl groups is 1. The Morgan fingerprint density at radius 3 is 2.73 bits per heavy atom. The Hall–Kier alpha value is -1.78. The number of rotatable bonds is 7. The molecule has 2 fully saturated rings. The third kappa shape index (κ3) is 5.84. The highest BCUT2D eigenvalue weighted by Gasteiger charge is 2.32. The van der Waals surface area contributed by atoms with Gasteiger partial charge in [-0.2, -0.15) is 0 Å². The first kappa shape index (κ1) is 24.3. The van der Waals surface area contributed by atoms with Crippen molar-refractivity contribution in [2.24, 2.45) is 5.92 Å². The van der Waals surface area contributed by atoms with Gasteiger partial charge in [-0.05, 0) is 38.9 Å².